The molecule has 0 saturated carbocycles. The van der Waals surface area contributed by atoms with Crippen molar-refractivity contribution in [3.05, 3.63) is 42.2 Å². The van der Waals surface area contributed by atoms with E-state index < -0.39 is 5.60 Å². The Morgan fingerprint density at radius 2 is 1.88 bits per heavy atom. The number of pyridine rings is 1. The number of methoxy groups -OCH3 is 1. The van der Waals surface area contributed by atoms with E-state index in [2.05, 4.69) is 67.5 Å². The Labute approximate surface area is 211 Å². The van der Waals surface area contributed by atoms with Crippen LogP contribution in [0.3, 0.4) is 0 Å². The zero-order valence-electron chi connectivity index (χ0n) is 19.6. The molecule has 0 radical (unpaired) electrons. The van der Waals surface area contributed by atoms with Gasteiger partial charge in [-0.25, -0.2) is 9.78 Å². The molecule has 4 rings (SSSR count). The van der Waals surface area contributed by atoms with Crippen molar-refractivity contribution in [1.29, 1.82) is 0 Å². The minimum absolute atomic E-state index is 0.247. The van der Waals surface area contributed by atoms with Crippen LogP contribution in [-0.2, 0) is 4.74 Å². The maximum Gasteiger partial charge on any atom is 0.410 e. The van der Waals surface area contributed by atoms with Crippen molar-refractivity contribution < 1.29 is 14.3 Å². The molecule has 1 saturated heterocycles. The SMILES string of the molecule is COc1cc(N2CCN(C(=O)OC(C)(C)C)CC2)ccc1-c1cnc2c(c1)c(C)cn2SI. The molecule has 7 nitrogen and oxygen atoms in total. The van der Waals surface area contributed by atoms with Crippen LogP contribution in [0.2, 0.25) is 0 Å². The van der Waals surface area contributed by atoms with Gasteiger partial charge < -0.3 is 19.3 Å². The van der Waals surface area contributed by atoms with Gasteiger partial charge in [-0.05, 0) is 51.5 Å². The van der Waals surface area contributed by atoms with Crippen LogP contribution in [0.4, 0.5) is 10.5 Å². The molecule has 3 aromatic rings. The largest absolute Gasteiger partial charge is 0.496 e. The summed E-state index contributed by atoms with van der Waals surface area (Å²) < 4.78 is 13.3. The molecule has 1 aliphatic heterocycles. The van der Waals surface area contributed by atoms with Gasteiger partial charge in [-0.3, -0.25) is 3.97 Å². The fraction of sp³-hybridized carbons (Fsp3) is 0.417. The number of carbonyl (C=O) groups excluding carboxylic acids is 1. The Morgan fingerprint density at radius 1 is 1.15 bits per heavy atom. The molecule has 2 aromatic heterocycles. The summed E-state index contributed by atoms with van der Waals surface area (Å²) in [6, 6.07) is 8.46. The van der Waals surface area contributed by atoms with Gasteiger partial charge in [0.2, 0.25) is 0 Å². The number of aromatic nitrogens is 2. The van der Waals surface area contributed by atoms with Gasteiger partial charge in [-0.2, -0.15) is 0 Å². The van der Waals surface area contributed by atoms with Gasteiger partial charge in [0.25, 0.3) is 0 Å². The number of hydrogen-bond acceptors (Lipinski definition) is 6. The number of fused-ring (bicyclic) bond motifs is 1. The monoisotopic (exact) mass is 580 g/mol. The number of aryl methyl sites for hydroxylation is 1. The van der Waals surface area contributed by atoms with Crippen LogP contribution >= 0.6 is 30.3 Å². The number of carbonyl (C=O) groups is 1. The summed E-state index contributed by atoms with van der Waals surface area (Å²) in [6.07, 6.45) is 3.76. The molecule has 1 amide bonds. The van der Waals surface area contributed by atoms with Crippen LogP contribution in [0.1, 0.15) is 26.3 Å². The first-order valence-electron chi connectivity index (χ1n) is 10.9. The summed E-state index contributed by atoms with van der Waals surface area (Å²) in [4.78, 5) is 21.1. The van der Waals surface area contributed by atoms with Crippen molar-refractivity contribution in [3.63, 3.8) is 0 Å². The van der Waals surface area contributed by atoms with Crippen molar-refractivity contribution >= 4 is 53.1 Å². The van der Waals surface area contributed by atoms with E-state index >= 15 is 0 Å². The van der Waals surface area contributed by atoms with Crippen molar-refractivity contribution in [2.75, 3.05) is 38.2 Å². The number of ether oxygens (including phenoxy) is 2. The lowest BCUT2D eigenvalue weighted by atomic mass is 10.0. The Hall–Kier alpha value is -2.14. The second-order valence-electron chi connectivity index (χ2n) is 9.14. The number of benzene rings is 1. The van der Waals surface area contributed by atoms with E-state index in [-0.39, 0.29) is 6.09 Å². The molecule has 1 fully saturated rings. The molecule has 0 atom stereocenters. The first kappa shape index (κ1) is 24.0. The van der Waals surface area contributed by atoms with Crippen LogP contribution in [0, 0.1) is 6.92 Å². The molecule has 0 spiro atoms. The zero-order valence-corrected chi connectivity index (χ0v) is 22.6. The third kappa shape index (κ3) is 5.18. The van der Waals surface area contributed by atoms with E-state index in [1.165, 1.54) is 5.56 Å². The van der Waals surface area contributed by atoms with Gasteiger partial charge >= 0.3 is 6.09 Å². The average Bonchev–Trinajstić information content (AvgIpc) is 3.12. The van der Waals surface area contributed by atoms with Gasteiger partial charge in [-0.1, -0.05) is 0 Å². The molecule has 33 heavy (non-hydrogen) atoms. The summed E-state index contributed by atoms with van der Waals surface area (Å²) >= 11 is 2.27. The highest BCUT2D eigenvalue weighted by molar-refractivity contribution is 14.2. The lowest BCUT2D eigenvalue weighted by Crippen LogP contribution is -2.50. The fourth-order valence-electron chi connectivity index (χ4n) is 4.02. The van der Waals surface area contributed by atoms with Crippen molar-refractivity contribution in [2.45, 2.75) is 33.3 Å². The molecular weight excluding hydrogens is 551 g/mol. The van der Waals surface area contributed by atoms with E-state index in [1.54, 1.807) is 21.1 Å². The number of amides is 1. The van der Waals surface area contributed by atoms with Crippen LogP contribution in [0.15, 0.2) is 36.7 Å². The van der Waals surface area contributed by atoms with Crippen LogP contribution < -0.4 is 9.64 Å². The Kier molecular flexibility index (Phi) is 6.99. The van der Waals surface area contributed by atoms with E-state index in [0.717, 1.165) is 46.7 Å². The van der Waals surface area contributed by atoms with E-state index in [1.807, 2.05) is 27.0 Å². The van der Waals surface area contributed by atoms with Gasteiger partial charge in [0.05, 0.1) is 7.11 Å². The maximum absolute atomic E-state index is 12.4. The number of piperazine rings is 1. The van der Waals surface area contributed by atoms with Crippen molar-refractivity contribution in [2.24, 2.45) is 0 Å². The lowest BCUT2D eigenvalue weighted by molar-refractivity contribution is 0.0240. The summed E-state index contributed by atoms with van der Waals surface area (Å²) in [6.45, 7) is 10.5. The van der Waals surface area contributed by atoms with Gasteiger partial charge in [0, 0.05) is 97.2 Å². The highest BCUT2D eigenvalue weighted by atomic mass is 127. The van der Waals surface area contributed by atoms with Crippen LogP contribution in [-0.4, -0.2) is 58.8 Å². The summed E-state index contributed by atoms with van der Waals surface area (Å²) in [5.41, 5.74) is 4.80. The average molecular weight is 580 g/mol. The first-order valence-corrected chi connectivity index (χ1v) is 14.2. The highest BCUT2D eigenvalue weighted by Gasteiger charge is 2.26. The second kappa shape index (κ2) is 9.61. The molecule has 176 valence electrons. The molecular formula is C24H29IN4O3S. The molecule has 0 N–H and O–H groups in total. The summed E-state index contributed by atoms with van der Waals surface area (Å²) in [7, 11) is 3.31. The van der Waals surface area contributed by atoms with Crippen molar-refractivity contribution in [1.82, 2.24) is 13.9 Å². The molecule has 0 bridgehead atoms. The van der Waals surface area contributed by atoms with Gasteiger partial charge in [0.15, 0.2) is 5.65 Å². The number of hydrogen-bond donors (Lipinski definition) is 0. The number of nitrogens with zero attached hydrogens (tertiary/aromatic N) is 4. The number of rotatable bonds is 4. The Morgan fingerprint density at radius 3 is 2.52 bits per heavy atom. The quantitative estimate of drug-likeness (QED) is 0.357. The van der Waals surface area contributed by atoms with E-state index in [9.17, 15) is 4.79 Å². The third-order valence-electron chi connectivity index (χ3n) is 5.68. The topological polar surface area (TPSA) is 59.8 Å². The summed E-state index contributed by atoms with van der Waals surface area (Å²) in [5.74, 6) is 0.809. The first-order chi connectivity index (χ1) is 15.7. The minimum atomic E-state index is -0.481. The van der Waals surface area contributed by atoms with Crippen LogP contribution in [0.25, 0.3) is 22.2 Å². The van der Waals surface area contributed by atoms with E-state index in [0.29, 0.717) is 13.1 Å². The Bertz CT molecular complexity index is 1170. The molecule has 0 aliphatic carbocycles. The molecule has 9 heteroatoms. The molecule has 0 unspecified atom stereocenters. The number of anilines is 1. The molecule has 1 aliphatic rings. The highest BCUT2D eigenvalue weighted by Crippen LogP contribution is 2.36. The minimum Gasteiger partial charge on any atom is -0.496 e. The second-order valence-corrected chi connectivity index (χ2v) is 10.9. The van der Waals surface area contributed by atoms with Crippen LogP contribution in [0.5, 0.6) is 5.75 Å². The third-order valence-corrected chi connectivity index (χ3v) is 7.38. The Balaban J connectivity index is 1.53. The molecule has 3 heterocycles. The predicted molar refractivity (Wildman–Crippen MR) is 143 cm³/mol. The van der Waals surface area contributed by atoms with Crippen molar-refractivity contribution in [3.8, 4) is 16.9 Å². The number of halogens is 1. The van der Waals surface area contributed by atoms with E-state index in [4.69, 9.17) is 14.5 Å². The molecule has 1 aromatic carbocycles. The fourth-order valence-corrected chi connectivity index (χ4v) is 5.33. The zero-order chi connectivity index (χ0) is 23.8. The normalized spacial score (nSPS) is 14.6. The lowest BCUT2D eigenvalue weighted by Gasteiger charge is -2.37. The van der Waals surface area contributed by atoms with Gasteiger partial charge in [0.1, 0.15) is 11.4 Å². The predicted octanol–water partition coefficient (Wildman–Crippen LogP) is 5.92. The maximum atomic E-state index is 12.4. The summed E-state index contributed by atoms with van der Waals surface area (Å²) in [5, 5.41) is 1.14. The smallest absolute Gasteiger partial charge is 0.410 e. The standard InChI is InChI=1S/C24H29IN4O3S/c1-16-15-29(33-25)22-20(16)12-17(14-26-22)19-7-6-18(13-21(19)31-5)27-8-10-28(11-9-27)23(30)32-24(2,3)4/h6-7,12-15H,8-11H2,1-5H3. The van der Waals surface area contributed by atoms with Gasteiger partial charge in [-0.15, -0.1) is 0 Å².